The summed E-state index contributed by atoms with van der Waals surface area (Å²) < 4.78 is 12.4. The molecule has 0 fully saturated rings. The minimum Gasteiger partial charge on any atom is -0.496 e. The first-order valence-corrected chi connectivity index (χ1v) is 10.3. The number of halogens is 3. The van der Waals surface area contributed by atoms with E-state index in [9.17, 15) is 0 Å². The van der Waals surface area contributed by atoms with Crippen molar-refractivity contribution >= 4 is 39.1 Å². The first kappa shape index (κ1) is 21.0. The second kappa shape index (κ2) is 10.2. The van der Waals surface area contributed by atoms with Crippen molar-refractivity contribution in [2.24, 2.45) is 0 Å². The van der Waals surface area contributed by atoms with Gasteiger partial charge < -0.3 is 14.8 Å². The monoisotopic (exact) mass is 479 g/mol. The fourth-order valence-corrected chi connectivity index (χ4v) is 3.74. The van der Waals surface area contributed by atoms with Gasteiger partial charge in [0.05, 0.1) is 7.11 Å². The number of hydrogen-bond acceptors (Lipinski definition) is 3. The van der Waals surface area contributed by atoms with Gasteiger partial charge >= 0.3 is 0 Å². The molecule has 0 saturated carbocycles. The Bertz CT molecular complexity index is 929. The average molecular weight is 481 g/mol. The first-order valence-electron chi connectivity index (χ1n) is 8.75. The van der Waals surface area contributed by atoms with E-state index in [1.54, 1.807) is 7.11 Å². The maximum absolute atomic E-state index is 6.24. The molecule has 0 amide bonds. The Hall–Kier alpha value is -1.72. The van der Waals surface area contributed by atoms with E-state index in [-0.39, 0.29) is 0 Å². The van der Waals surface area contributed by atoms with Crippen molar-refractivity contribution in [1.29, 1.82) is 0 Å². The number of rotatable bonds is 8. The molecular formula is C22H20BrCl2NO2. The van der Waals surface area contributed by atoms with Gasteiger partial charge in [0.25, 0.3) is 0 Å². The zero-order valence-electron chi connectivity index (χ0n) is 15.3. The van der Waals surface area contributed by atoms with Gasteiger partial charge in [0.2, 0.25) is 0 Å². The van der Waals surface area contributed by atoms with Gasteiger partial charge in [0, 0.05) is 44.3 Å². The van der Waals surface area contributed by atoms with Gasteiger partial charge in [-0.2, -0.15) is 0 Å². The number of hydrogen-bond donors (Lipinski definition) is 1. The van der Waals surface area contributed by atoms with Crippen LogP contribution in [0.25, 0.3) is 0 Å². The second-order valence-electron chi connectivity index (χ2n) is 6.16. The molecule has 0 spiro atoms. The standard InChI is InChI=1S/C22H20BrCl2NO2/c1-27-21-8-3-2-5-15(21)12-26-13-16-11-17(23)9-10-22(16)28-14-18-19(24)6-4-7-20(18)25/h2-11,26H,12-14H2,1H3. The minimum atomic E-state index is 0.305. The molecule has 3 nitrogen and oxygen atoms in total. The summed E-state index contributed by atoms with van der Waals surface area (Å²) in [5.41, 5.74) is 2.92. The Kier molecular flexibility index (Phi) is 7.63. The zero-order chi connectivity index (χ0) is 19.9. The van der Waals surface area contributed by atoms with E-state index >= 15 is 0 Å². The predicted octanol–water partition coefficient (Wildman–Crippen LogP) is 6.63. The average Bonchev–Trinajstić information content (AvgIpc) is 2.69. The molecule has 0 saturated heterocycles. The largest absolute Gasteiger partial charge is 0.496 e. The predicted molar refractivity (Wildman–Crippen MR) is 118 cm³/mol. The third-order valence-corrected chi connectivity index (χ3v) is 5.48. The summed E-state index contributed by atoms with van der Waals surface area (Å²) in [6.07, 6.45) is 0. The Morgan fingerprint density at radius 1 is 0.857 bits per heavy atom. The van der Waals surface area contributed by atoms with Gasteiger partial charge in [0.1, 0.15) is 18.1 Å². The third kappa shape index (κ3) is 5.42. The van der Waals surface area contributed by atoms with Crippen LogP contribution in [0.2, 0.25) is 10.0 Å². The smallest absolute Gasteiger partial charge is 0.124 e. The molecule has 0 bridgehead atoms. The highest BCUT2D eigenvalue weighted by molar-refractivity contribution is 9.10. The normalized spacial score (nSPS) is 10.7. The quantitative estimate of drug-likeness (QED) is 0.392. The third-order valence-electron chi connectivity index (χ3n) is 4.28. The molecule has 0 atom stereocenters. The lowest BCUT2D eigenvalue weighted by molar-refractivity contribution is 0.302. The van der Waals surface area contributed by atoms with Crippen molar-refractivity contribution in [3.8, 4) is 11.5 Å². The number of nitrogens with one attached hydrogen (secondary N) is 1. The number of para-hydroxylation sites is 1. The van der Waals surface area contributed by atoms with Gasteiger partial charge in [-0.15, -0.1) is 0 Å². The highest BCUT2D eigenvalue weighted by Gasteiger charge is 2.10. The zero-order valence-corrected chi connectivity index (χ0v) is 18.4. The van der Waals surface area contributed by atoms with Crippen molar-refractivity contribution in [2.75, 3.05) is 7.11 Å². The van der Waals surface area contributed by atoms with Crippen LogP contribution < -0.4 is 14.8 Å². The summed E-state index contributed by atoms with van der Waals surface area (Å²) in [5.74, 6) is 1.65. The maximum atomic E-state index is 6.24. The Morgan fingerprint density at radius 3 is 2.32 bits per heavy atom. The summed E-state index contributed by atoms with van der Waals surface area (Å²) >= 11 is 16.0. The molecule has 0 aliphatic carbocycles. The number of benzene rings is 3. The summed E-state index contributed by atoms with van der Waals surface area (Å²) in [5, 5.41) is 4.64. The molecule has 3 aromatic carbocycles. The number of ether oxygens (including phenoxy) is 2. The molecule has 0 unspecified atom stereocenters. The SMILES string of the molecule is COc1ccccc1CNCc1cc(Br)ccc1OCc1c(Cl)cccc1Cl. The van der Waals surface area contributed by atoms with Crippen LogP contribution in [0.4, 0.5) is 0 Å². The van der Waals surface area contributed by atoms with Crippen molar-refractivity contribution in [2.45, 2.75) is 19.7 Å². The molecular weight excluding hydrogens is 461 g/mol. The van der Waals surface area contributed by atoms with E-state index in [1.165, 1.54) is 0 Å². The fraction of sp³-hybridized carbons (Fsp3) is 0.182. The lowest BCUT2D eigenvalue weighted by Gasteiger charge is -2.15. The molecule has 146 valence electrons. The van der Waals surface area contributed by atoms with Crippen LogP contribution >= 0.6 is 39.1 Å². The molecule has 0 radical (unpaired) electrons. The summed E-state index contributed by atoms with van der Waals surface area (Å²) in [4.78, 5) is 0. The van der Waals surface area contributed by atoms with Crippen LogP contribution in [0.15, 0.2) is 65.1 Å². The van der Waals surface area contributed by atoms with E-state index in [1.807, 2.05) is 60.7 Å². The molecule has 0 aliphatic rings. The summed E-state index contributed by atoms with van der Waals surface area (Å²) in [7, 11) is 1.68. The van der Waals surface area contributed by atoms with E-state index < -0.39 is 0 Å². The summed E-state index contributed by atoms with van der Waals surface area (Å²) in [6.45, 7) is 1.63. The van der Waals surface area contributed by atoms with Crippen LogP contribution in [0, 0.1) is 0 Å². The van der Waals surface area contributed by atoms with Crippen LogP contribution in [0.5, 0.6) is 11.5 Å². The van der Waals surface area contributed by atoms with E-state index in [0.717, 1.165) is 32.7 Å². The molecule has 0 aliphatic heterocycles. The van der Waals surface area contributed by atoms with Gasteiger partial charge in [-0.1, -0.05) is 63.4 Å². The molecule has 3 rings (SSSR count). The van der Waals surface area contributed by atoms with Gasteiger partial charge in [-0.3, -0.25) is 0 Å². The Labute approximate surface area is 183 Å². The highest BCUT2D eigenvalue weighted by atomic mass is 79.9. The molecule has 6 heteroatoms. The topological polar surface area (TPSA) is 30.5 Å². The molecule has 28 heavy (non-hydrogen) atoms. The fourth-order valence-electron chi connectivity index (χ4n) is 2.83. The van der Waals surface area contributed by atoms with E-state index in [4.69, 9.17) is 32.7 Å². The van der Waals surface area contributed by atoms with Crippen LogP contribution in [0.1, 0.15) is 16.7 Å². The van der Waals surface area contributed by atoms with Gasteiger partial charge in [-0.25, -0.2) is 0 Å². The second-order valence-corrected chi connectivity index (χ2v) is 7.89. The lowest BCUT2D eigenvalue weighted by Crippen LogP contribution is -2.14. The van der Waals surface area contributed by atoms with Crippen molar-refractivity contribution in [1.82, 2.24) is 5.32 Å². The molecule has 1 N–H and O–H groups in total. The highest BCUT2D eigenvalue weighted by Crippen LogP contribution is 2.28. The Morgan fingerprint density at radius 2 is 1.57 bits per heavy atom. The molecule has 0 aromatic heterocycles. The molecule has 0 heterocycles. The van der Waals surface area contributed by atoms with Crippen molar-refractivity contribution in [3.63, 3.8) is 0 Å². The van der Waals surface area contributed by atoms with E-state index in [2.05, 4.69) is 21.2 Å². The molecule has 3 aromatic rings. The van der Waals surface area contributed by atoms with Gasteiger partial charge in [-0.05, 0) is 36.4 Å². The van der Waals surface area contributed by atoms with Crippen LogP contribution in [-0.4, -0.2) is 7.11 Å². The van der Waals surface area contributed by atoms with E-state index in [0.29, 0.717) is 29.7 Å². The number of methoxy groups -OCH3 is 1. The minimum absolute atomic E-state index is 0.305. The van der Waals surface area contributed by atoms with Crippen molar-refractivity contribution in [3.05, 3.63) is 91.9 Å². The Balaban J connectivity index is 1.69. The van der Waals surface area contributed by atoms with Gasteiger partial charge in [0.15, 0.2) is 0 Å². The maximum Gasteiger partial charge on any atom is 0.124 e. The first-order chi connectivity index (χ1) is 13.6. The van der Waals surface area contributed by atoms with Crippen molar-refractivity contribution < 1.29 is 9.47 Å². The summed E-state index contributed by atoms with van der Waals surface area (Å²) in [6, 6.07) is 19.3. The van der Waals surface area contributed by atoms with Crippen LogP contribution in [0.3, 0.4) is 0 Å². The van der Waals surface area contributed by atoms with Crippen LogP contribution in [-0.2, 0) is 19.7 Å². The lowest BCUT2D eigenvalue weighted by atomic mass is 10.1.